The summed E-state index contributed by atoms with van der Waals surface area (Å²) < 4.78 is 31.6. The van der Waals surface area contributed by atoms with Crippen LogP contribution < -0.4 is 5.32 Å². The van der Waals surface area contributed by atoms with Crippen molar-refractivity contribution in [2.24, 2.45) is 0 Å². The number of carbonyl (C=O) groups is 2. The van der Waals surface area contributed by atoms with Crippen LogP contribution in [-0.4, -0.2) is 48.6 Å². The molecule has 34 heavy (non-hydrogen) atoms. The number of aliphatic carboxylic acids is 1. The first kappa shape index (κ1) is 25.2. The van der Waals surface area contributed by atoms with Gasteiger partial charge in [-0.3, -0.25) is 5.32 Å². The first-order valence-corrected chi connectivity index (χ1v) is 15.9. The molecule has 0 aliphatic rings. The summed E-state index contributed by atoms with van der Waals surface area (Å²) in [5, 5.41) is 16.3. The molecular weight excluding hydrogens is 474 g/mol. The van der Waals surface area contributed by atoms with Crippen LogP contribution in [-0.2, 0) is 26.2 Å². The number of amides is 1. The molecule has 0 saturated carbocycles. The third-order valence-corrected chi connectivity index (χ3v) is 8.57. The van der Waals surface area contributed by atoms with E-state index in [-0.39, 0.29) is 18.1 Å². The number of aromatic nitrogens is 2. The van der Waals surface area contributed by atoms with Gasteiger partial charge in [0.05, 0.1) is 17.5 Å². The fourth-order valence-electron chi connectivity index (χ4n) is 3.05. The van der Waals surface area contributed by atoms with E-state index < -0.39 is 30.2 Å². The van der Waals surface area contributed by atoms with E-state index in [4.69, 9.17) is 4.74 Å². The van der Waals surface area contributed by atoms with Crippen molar-refractivity contribution in [2.45, 2.75) is 32.3 Å². The van der Waals surface area contributed by atoms with Crippen molar-refractivity contribution in [2.75, 3.05) is 5.75 Å². The third kappa shape index (κ3) is 6.78. The maximum atomic E-state index is 12.8. The Morgan fingerprint density at radius 3 is 2.50 bits per heavy atom. The molecule has 0 saturated heterocycles. The summed E-state index contributed by atoms with van der Waals surface area (Å²) in [5.41, 5.74) is 1.24. The van der Waals surface area contributed by atoms with Gasteiger partial charge in [-0.25, -0.2) is 18.0 Å². The van der Waals surface area contributed by atoms with Crippen molar-refractivity contribution in [3.63, 3.8) is 0 Å². The zero-order valence-corrected chi connectivity index (χ0v) is 21.0. The lowest BCUT2D eigenvalue weighted by Crippen LogP contribution is -2.27. The number of nitrogens with one attached hydrogen (secondary N) is 1. The molecule has 2 aromatic carbocycles. The van der Waals surface area contributed by atoms with Gasteiger partial charge >= 0.3 is 12.1 Å². The first-order chi connectivity index (χ1) is 15.9. The van der Waals surface area contributed by atoms with Crippen molar-refractivity contribution in [3.8, 4) is 0 Å². The van der Waals surface area contributed by atoms with Crippen LogP contribution in [0, 0.1) is 0 Å². The predicted molar refractivity (Wildman–Crippen MR) is 132 cm³/mol. The number of carboxylic acids is 1. The Hall–Kier alpha value is -3.44. The minimum atomic E-state index is -3.61. The molecule has 0 radical (unpaired) electrons. The number of benzene rings is 2. The van der Waals surface area contributed by atoms with E-state index in [0.717, 1.165) is 9.65 Å². The molecular formula is C23H27N3O6SSi. The molecule has 0 atom stereocenters. The van der Waals surface area contributed by atoms with E-state index in [9.17, 15) is 23.1 Å². The normalized spacial score (nSPS) is 12.5. The summed E-state index contributed by atoms with van der Waals surface area (Å²) in [5.74, 6) is -1.33. The lowest BCUT2D eigenvalue weighted by atomic mass is 10.1. The highest BCUT2D eigenvalue weighted by molar-refractivity contribution is 7.90. The molecule has 9 nitrogen and oxygen atoms in total. The number of carbonyl (C=O) groups excluding carboxylic acids is 1. The maximum Gasteiger partial charge on any atom is 0.412 e. The zero-order valence-electron chi connectivity index (χ0n) is 19.2. The summed E-state index contributed by atoms with van der Waals surface area (Å²) in [6, 6.07) is 14.3. The molecule has 0 fully saturated rings. The monoisotopic (exact) mass is 501 g/mol. The number of alkyl carbamates (subject to hydrolysis) is 1. The Kier molecular flexibility index (Phi) is 7.57. The van der Waals surface area contributed by atoms with Gasteiger partial charge in [0, 0.05) is 13.5 Å². The van der Waals surface area contributed by atoms with Gasteiger partial charge in [-0.1, -0.05) is 56.0 Å². The van der Waals surface area contributed by atoms with Gasteiger partial charge < -0.3 is 9.84 Å². The molecule has 1 amide bonds. The minimum Gasteiger partial charge on any atom is -0.477 e. The second-order valence-electron chi connectivity index (χ2n) is 8.98. The van der Waals surface area contributed by atoms with E-state index >= 15 is 0 Å². The Morgan fingerprint density at radius 1 is 1.15 bits per heavy atom. The molecule has 0 bridgehead atoms. The molecule has 0 aliphatic heterocycles. The summed E-state index contributed by atoms with van der Waals surface area (Å²) in [4.78, 5) is 23.7. The highest BCUT2D eigenvalue weighted by Gasteiger charge is 2.22. The molecule has 1 heterocycles. The summed E-state index contributed by atoms with van der Waals surface area (Å²) in [6.07, 6.45) is 1.78. The van der Waals surface area contributed by atoms with Gasteiger partial charge in [-0.05, 0) is 35.4 Å². The number of ether oxygens (including phenoxy) is 1. The summed E-state index contributed by atoms with van der Waals surface area (Å²) in [6.45, 7) is 6.31. The SMILES string of the molecule is C[Si](C)(C)CCS(=O)(=O)n1ncc2cc(C=C(NC(=O)OCc3ccccc3)C(=O)O)ccc21. The van der Waals surface area contributed by atoms with Crippen LogP contribution in [0.1, 0.15) is 11.1 Å². The number of hydrogen-bond acceptors (Lipinski definition) is 6. The van der Waals surface area contributed by atoms with E-state index in [1.807, 2.05) is 6.07 Å². The largest absolute Gasteiger partial charge is 0.477 e. The van der Waals surface area contributed by atoms with Gasteiger partial charge in [0.1, 0.15) is 12.3 Å². The fourth-order valence-corrected chi connectivity index (χ4v) is 7.36. The molecule has 2 N–H and O–H groups in total. The number of nitrogens with zero attached hydrogens (tertiary/aromatic N) is 2. The molecule has 180 valence electrons. The average molecular weight is 502 g/mol. The van der Waals surface area contributed by atoms with E-state index in [2.05, 4.69) is 30.1 Å². The third-order valence-electron chi connectivity index (χ3n) is 4.92. The molecule has 0 unspecified atom stereocenters. The van der Waals surface area contributed by atoms with Crippen molar-refractivity contribution >= 4 is 47.1 Å². The van der Waals surface area contributed by atoms with Crippen molar-refractivity contribution < 1.29 is 27.9 Å². The molecule has 0 aliphatic carbocycles. The number of rotatable bonds is 9. The van der Waals surface area contributed by atoms with Gasteiger partial charge in [0.25, 0.3) is 10.0 Å². The Balaban J connectivity index is 1.77. The van der Waals surface area contributed by atoms with E-state index in [1.54, 1.807) is 42.5 Å². The summed E-state index contributed by atoms with van der Waals surface area (Å²) >= 11 is 0. The first-order valence-electron chi connectivity index (χ1n) is 10.6. The molecule has 3 aromatic rings. The number of carboxylic acid groups (broad SMARTS) is 1. The summed E-state index contributed by atoms with van der Waals surface area (Å²) in [7, 11) is -5.17. The van der Waals surface area contributed by atoms with Gasteiger partial charge in [-0.2, -0.15) is 9.19 Å². The second-order valence-corrected chi connectivity index (χ2v) is 16.5. The van der Waals surface area contributed by atoms with Crippen LogP contribution >= 0.6 is 0 Å². The predicted octanol–water partition coefficient (Wildman–Crippen LogP) is 3.90. The number of hydrogen-bond donors (Lipinski definition) is 2. The molecule has 11 heteroatoms. The lowest BCUT2D eigenvalue weighted by Gasteiger charge is -2.15. The standard InChI is InChI=1S/C23H27N3O6SSi/c1-34(2,3)12-11-33(30,31)26-21-10-9-18(13-19(21)15-24-26)14-20(22(27)28)25-23(29)32-16-17-7-5-4-6-8-17/h4-10,13-15H,11-12,16H2,1-3H3,(H,25,29)(H,27,28). The second kappa shape index (κ2) is 10.2. The molecule has 0 spiro atoms. The van der Waals surface area contributed by atoms with Crippen LogP contribution in [0.15, 0.2) is 60.4 Å². The molecule has 3 rings (SSSR count). The van der Waals surface area contributed by atoms with Crippen LogP contribution in [0.2, 0.25) is 25.7 Å². The topological polar surface area (TPSA) is 128 Å². The Labute approximate surface area is 199 Å². The quantitative estimate of drug-likeness (QED) is 0.336. The van der Waals surface area contributed by atoms with Crippen molar-refractivity contribution in [1.82, 2.24) is 14.5 Å². The minimum absolute atomic E-state index is 0.00308. The average Bonchev–Trinajstić information content (AvgIpc) is 3.20. The lowest BCUT2D eigenvalue weighted by molar-refractivity contribution is -0.132. The van der Waals surface area contributed by atoms with Crippen molar-refractivity contribution in [1.29, 1.82) is 0 Å². The Morgan fingerprint density at radius 2 is 1.85 bits per heavy atom. The fraction of sp³-hybridized carbons (Fsp3) is 0.261. The van der Waals surface area contributed by atoms with Crippen molar-refractivity contribution in [3.05, 3.63) is 71.6 Å². The Bertz CT molecular complexity index is 1330. The van der Waals surface area contributed by atoms with Crippen LogP contribution in [0.4, 0.5) is 4.79 Å². The smallest absolute Gasteiger partial charge is 0.412 e. The van der Waals surface area contributed by atoms with E-state index in [0.29, 0.717) is 22.5 Å². The highest BCUT2D eigenvalue weighted by Crippen LogP contribution is 2.21. The van der Waals surface area contributed by atoms with Crippen LogP contribution in [0.3, 0.4) is 0 Å². The van der Waals surface area contributed by atoms with Crippen LogP contribution in [0.25, 0.3) is 17.0 Å². The molecule has 1 aromatic heterocycles. The highest BCUT2D eigenvalue weighted by atomic mass is 32.2. The van der Waals surface area contributed by atoms with E-state index in [1.165, 1.54) is 12.3 Å². The van der Waals surface area contributed by atoms with Gasteiger partial charge in [0.15, 0.2) is 0 Å². The van der Waals surface area contributed by atoms with Crippen LogP contribution in [0.5, 0.6) is 0 Å². The maximum absolute atomic E-state index is 12.8. The van der Waals surface area contributed by atoms with Gasteiger partial charge in [0.2, 0.25) is 0 Å². The number of fused-ring (bicyclic) bond motifs is 1. The van der Waals surface area contributed by atoms with Gasteiger partial charge in [-0.15, -0.1) is 0 Å². The zero-order chi connectivity index (χ0) is 24.9.